The Morgan fingerprint density at radius 1 is 0.490 bits per heavy atom. The van der Waals surface area contributed by atoms with Gasteiger partial charge in [-0.3, -0.25) is 9.59 Å². The van der Waals surface area contributed by atoms with Crippen molar-refractivity contribution in [3.63, 3.8) is 0 Å². The second-order valence-corrected chi connectivity index (χ2v) is 15.7. The summed E-state index contributed by atoms with van der Waals surface area (Å²) in [6.07, 6.45) is 39.8. The lowest BCUT2D eigenvalue weighted by molar-refractivity contribution is -0.168. The fourth-order valence-corrected chi connectivity index (χ4v) is 6.64. The Morgan fingerprint density at radius 3 is 1.22 bits per heavy atom. The molecule has 0 rings (SSSR count). The number of ether oxygens (including phenoxy) is 2. The topological polar surface area (TPSA) is 81.7 Å². The van der Waals surface area contributed by atoms with E-state index in [4.69, 9.17) is 9.47 Å². The first kappa shape index (κ1) is 49.4. The van der Waals surface area contributed by atoms with E-state index in [0.29, 0.717) is 25.4 Å². The Morgan fingerprint density at radius 2 is 0.843 bits per heavy atom. The predicted octanol–water partition coefficient (Wildman–Crippen LogP) is 13.5. The van der Waals surface area contributed by atoms with E-state index >= 15 is 0 Å². The maximum absolute atomic E-state index is 12.8. The van der Waals surface area contributed by atoms with Crippen LogP contribution in [0.25, 0.3) is 0 Å². The van der Waals surface area contributed by atoms with Gasteiger partial charge in [0.1, 0.15) is 0 Å². The Kier molecular flexibility index (Phi) is 38.4. The number of carbonyl (C=O) groups is 3. The van der Waals surface area contributed by atoms with Crippen molar-refractivity contribution < 1.29 is 23.9 Å². The third-order valence-electron chi connectivity index (χ3n) is 10.6. The number of amides is 1. The maximum atomic E-state index is 12.8. The summed E-state index contributed by atoms with van der Waals surface area (Å²) in [7, 11) is 0. The van der Waals surface area contributed by atoms with Gasteiger partial charge in [0.05, 0.1) is 13.2 Å². The van der Waals surface area contributed by atoms with Gasteiger partial charge in [-0.15, -0.1) is 0 Å². The molecule has 0 aromatic carbocycles. The molecule has 6 nitrogen and oxygen atoms in total. The summed E-state index contributed by atoms with van der Waals surface area (Å²) >= 11 is 0. The molecule has 0 spiro atoms. The van der Waals surface area contributed by atoms with Gasteiger partial charge in [-0.2, -0.15) is 0 Å². The SMILES string of the molecule is CCCCCCCCCCCCCCCCCC(=O)NCC(OC(=O)CCCCCCCCCCCCCCCCC)C(=O)OCCC(C)CC. The fraction of sp³-hybridized carbons (Fsp3) is 0.933. The van der Waals surface area contributed by atoms with E-state index in [0.717, 1.165) is 51.4 Å². The highest BCUT2D eigenvalue weighted by Crippen LogP contribution is 2.16. The fourth-order valence-electron chi connectivity index (χ4n) is 6.64. The number of rotatable bonds is 40. The Bertz CT molecular complexity index is 772. The van der Waals surface area contributed by atoms with Crippen molar-refractivity contribution in [2.75, 3.05) is 13.2 Å². The minimum absolute atomic E-state index is 0.0235. The first-order valence-corrected chi connectivity index (χ1v) is 22.6. The minimum atomic E-state index is -1.09. The van der Waals surface area contributed by atoms with E-state index in [1.807, 2.05) is 0 Å². The number of unbranched alkanes of at least 4 members (excludes halogenated alkanes) is 28. The van der Waals surface area contributed by atoms with Crippen LogP contribution in [0.5, 0.6) is 0 Å². The number of nitrogens with one attached hydrogen (secondary N) is 1. The van der Waals surface area contributed by atoms with Crippen LogP contribution in [-0.4, -0.2) is 37.1 Å². The number of carbonyl (C=O) groups excluding carboxylic acids is 3. The van der Waals surface area contributed by atoms with Crippen LogP contribution < -0.4 is 5.32 Å². The van der Waals surface area contributed by atoms with Crippen molar-refractivity contribution in [3.8, 4) is 0 Å². The van der Waals surface area contributed by atoms with Gasteiger partial charge in [-0.25, -0.2) is 4.79 Å². The van der Waals surface area contributed by atoms with Gasteiger partial charge >= 0.3 is 11.9 Å². The number of hydrogen-bond acceptors (Lipinski definition) is 5. The standard InChI is InChI=1S/C45H87NO5/c1-5-8-10-12-14-16-18-20-22-24-26-28-30-32-34-36-43(47)46-40-42(45(49)50-39-38-41(4)7-3)51-44(48)37-35-33-31-29-27-25-23-21-19-17-15-13-11-9-6-2/h41-42H,5-40H2,1-4H3,(H,46,47). The lowest BCUT2D eigenvalue weighted by Crippen LogP contribution is -2.40. The van der Waals surface area contributed by atoms with E-state index in [1.165, 1.54) is 154 Å². The van der Waals surface area contributed by atoms with Crippen molar-refractivity contribution in [2.45, 2.75) is 252 Å². The van der Waals surface area contributed by atoms with Crippen LogP contribution in [0.1, 0.15) is 246 Å². The van der Waals surface area contributed by atoms with Crippen molar-refractivity contribution in [2.24, 2.45) is 5.92 Å². The zero-order valence-corrected chi connectivity index (χ0v) is 34.7. The monoisotopic (exact) mass is 722 g/mol. The third-order valence-corrected chi connectivity index (χ3v) is 10.6. The Balaban J connectivity index is 4.11. The van der Waals surface area contributed by atoms with Gasteiger partial charge in [0.15, 0.2) is 0 Å². The van der Waals surface area contributed by atoms with Crippen LogP contribution in [0.15, 0.2) is 0 Å². The molecule has 0 saturated carbocycles. The normalized spacial score (nSPS) is 12.5. The highest BCUT2D eigenvalue weighted by Gasteiger charge is 2.25. The zero-order chi connectivity index (χ0) is 37.5. The molecule has 0 aliphatic rings. The Labute approximate surface area is 317 Å². The first-order valence-electron chi connectivity index (χ1n) is 22.6. The lowest BCUT2D eigenvalue weighted by atomic mass is 10.0. The summed E-state index contributed by atoms with van der Waals surface area (Å²) in [6.45, 7) is 9.06. The second kappa shape index (κ2) is 39.6. The first-order chi connectivity index (χ1) is 24.9. The molecular weight excluding hydrogens is 634 g/mol. The van der Waals surface area contributed by atoms with Gasteiger partial charge in [-0.05, 0) is 25.2 Å². The summed E-state index contributed by atoms with van der Waals surface area (Å²) in [4.78, 5) is 38.0. The van der Waals surface area contributed by atoms with Crippen LogP contribution in [0.2, 0.25) is 0 Å². The van der Waals surface area contributed by atoms with E-state index in [9.17, 15) is 14.4 Å². The summed E-state index contributed by atoms with van der Waals surface area (Å²) in [5, 5.41) is 2.83. The second-order valence-electron chi connectivity index (χ2n) is 15.7. The summed E-state index contributed by atoms with van der Waals surface area (Å²) in [5.74, 6) is -0.584. The maximum Gasteiger partial charge on any atom is 0.349 e. The molecular formula is C45H87NO5. The Hall–Kier alpha value is -1.59. The molecule has 1 amide bonds. The lowest BCUT2D eigenvalue weighted by Gasteiger charge is -2.18. The molecule has 0 heterocycles. The molecule has 0 saturated heterocycles. The molecule has 0 aliphatic heterocycles. The van der Waals surface area contributed by atoms with Gasteiger partial charge in [-0.1, -0.05) is 214 Å². The molecule has 0 aromatic rings. The van der Waals surface area contributed by atoms with Crippen molar-refractivity contribution in [1.82, 2.24) is 5.32 Å². The average Bonchev–Trinajstić information content (AvgIpc) is 3.13. The quantitative estimate of drug-likeness (QED) is 0.0503. The highest BCUT2D eigenvalue weighted by atomic mass is 16.6. The molecule has 2 unspecified atom stereocenters. The molecule has 2 atom stereocenters. The van der Waals surface area contributed by atoms with E-state index in [2.05, 4.69) is 33.0 Å². The predicted molar refractivity (Wildman–Crippen MR) is 217 cm³/mol. The van der Waals surface area contributed by atoms with E-state index < -0.39 is 12.1 Å². The number of esters is 2. The van der Waals surface area contributed by atoms with E-state index in [-0.39, 0.29) is 18.4 Å². The molecule has 0 aromatic heterocycles. The summed E-state index contributed by atoms with van der Waals surface area (Å²) in [5.41, 5.74) is 0. The van der Waals surface area contributed by atoms with Crippen molar-refractivity contribution in [1.29, 1.82) is 0 Å². The molecule has 0 fully saturated rings. The molecule has 6 heteroatoms. The third kappa shape index (κ3) is 36.6. The largest absolute Gasteiger partial charge is 0.463 e. The highest BCUT2D eigenvalue weighted by molar-refractivity contribution is 5.81. The molecule has 0 aliphatic carbocycles. The van der Waals surface area contributed by atoms with Crippen LogP contribution in [0, 0.1) is 5.92 Å². The van der Waals surface area contributed by atoms with Gasteiger partial charge in [0.25, 0.3) is 0 Å². The summed E-state index contributed by atoms with van der Waals surface area (Å²) in [6, 6.07) is 0. The van der Waals surface area contributed by atoms with Crippen LogP contribution in [-0.2, 0) is 23.9 Å². The van der Waals surface area contributed by atoms with Crippen LogP contribution in [0.3, 0.4) is 0 Å². The summed E-state index contributed by atoms with van der Waals surface area (Å²) < 4.78 is 11.0. The molecule has 302 valence electrons. The smallest absolute Gasteiger partial charge is 0.349 e. The zero-order valence-electron chi connectivity index (χ0n) is 34.7. The van der Waals surface area contributed by atoms with Crippen molar-refractivity contribution >= 4 is 17.8 Å². The van der Waals surface area contributed by atoms with Gasteiger partial charge < -0.3 is 14.8 Å². The van der Waals surface area contributed by atoms with E-state index in [1.54, 1.807) is 0 Å². The molecule has 0 radical (unpaired) electrons. The number of hydrogen-bond donors (Lipinski definition) is 1. The van der Waals surface area contributed by atoms with Crippen LogP contribution in [0.4, 0.5) is 0 Å². The minimum Gasteiger partial charge on any atom is -0.463 e. The van der Waals surface area contributed by atoms with Crippen molar-refractivity contribution in [3.05, 3.63) is 0 Å². The molecule has 51 heavy (non-hydrogen) atoms. The molecule has 0 bridgehead atoms. The van der Waals surface area contributed by atoms with Gasteiger partial charge in [0.2, 0.25) is 12.0 Å². The van der Waals surface area contributed by atoms with Gasteiger partial charge in [0, 0.05) is 12.8 Å². The molecule has 1 N–H and O–H groups in total. The average molecular weight is 722 g/mol. The van der Waals surface area contributed by atoms with Crippen LogP contribution >= 0.6 is 0 Å².